The van der Waals surface area contributed by atoms with Gasteiger partial charge in [0.15, 0.2) is 18.1 Å². The zero-order chi connectivity index (χ0) is 28.1. The van der Waals surface area contributed by atoms with Gasteiger partial charge >= 0.3 is 6.03 Å². The van der Waals surface area contributed by atoms with Crippen LogP contribution in [0.15, 0.2) is 66.2 Å². The highest BCUT2D eigenvalue weighted by Crippen LogP contribution is 2.32. The molecule has 0 aliphatic carbocycles. The van der Waals surface area contributed by atoms with E-state index < -0.39 is 17.8 Å². The van der Waals surface area contributed by atoms with Crippen molar-refractivity contribution in [1.82, 2.24) is 5.32 Å². The Bertz CT molecular complexity index is 1500. The molecule has 0 spiro atoms. The molecule has 3 aromatic rings. The highest BCUT2D eigenvalue weighted by Gasteiger charge is 2.37. The lowest BCUT2D eigenvalue weighted by molar-refractivity contribution is -0.122. The van der Waals surface area contributed by atoms with E-state index >= 15 is 0 Å². The number of rotatable bonds is 8. The van der Waals surface area contributed by atoms with Crippen molar-refractivity contribution in [3.63, 3.8) is 0 Å². The number of hydrogen-bond acceptors (Lipinski definition) is 6. The van der Waals surface area contributed by atoms with E-state index in [9.17, 15) is 19.2 Å². The summed E-state index contributed by atoms with van der Waals surface area (Å²) in [6, 6.07) is 15.4. The molecule has 1 heterocycles. The van der Waals surface area contributed by atoms with Crippen LogP contribution in [-0.4, -0.2) is 37.0 Å². The number of ether oxygens (including phenoxy) is 2. The normalized spacial score (nSPS) is 14.3. The van der Waals surface area contributed by atoms with Gasteiger partial charge in [-0.25, -0.2) is 9.69 Å². The third-order valence-electron chi connectivity index (χ3n) is 5.50. The number of nitrogens with zero attached hydrogens (tertiary/aromatic N) is 1. The number of aryl methyl sites for hydroxylation is 1. The molecule has 2 N–H and O–H groups in total. The number of benzene rings is 3. The number of urea groups is 1. The van der Waals surface area contributed by atoms with Gasteiger partial charge < -0.3 is 14.8 Å². The zero-order valence-electron chi connectivity index (χ0n) is 20.9. The van der Waals surface area contributed by atoms with Gasteiger partial charge in [0.2, 0.25) is 0 Å². The molecular formula is C28H23Cl2N3O6. The van der Waals surface area contributed by atoms with Crippen molar-refractivity contribution in [3.05, 3.63) is 87.4 Å². The third kappa shape index (κ3) is 6.57. The van der Waals surface area contributed by atoms with E-state index in [0.29, 0.717) is 29.4 Å². The van der Waals surface area contributed by atoms with Crippen molar-refractivity contribution in [1.29, 1.82) is 0 Å². The third-order valence-corrected chi connectivity index (χ3v) is 6.24. The number of imide groups is 2. The fourth-order valence-corrected chi connectivity index (χ4v) is 4.04. The fourth-order valence-electron chi connectivity index (χ4n) is 3.75. The zero-order valence-corrected chi connectivity index (χ0v) is 22.4. The van der Waals surface area contributed by atoms with Crippen LogP contribution in [0.3, 0.4) is 0 Å². The lowest BCUT2D eigenvalue weighted by Crippen LogP contribution is -2.54. The average Bonchev–Trinajstić information content (AvgIpc) is 2.88. The molecule has 1 aliphatic heterocycles. The number of carbonyl (C=O) groups is 4. The summed E-state index contributed by atoms with van der Waals surface area (Å²) >= 11 is 12.0. The first-order valence-electron chi connectivity index (χ1n) is 11.8. The summed E-state index contributed by atoms with van der Waals surface area (Å²) in [5.74, 6) is -1.45. The number of nitrogens with one attached hydrogen (secondary N) is 2. The van der Waals surface area contributed by atoms with E-state index in [1.807, 2.05) is 25.1 Å². The van der Waals surface area contributed by atoms with Crippen LogP contribution in [0.2, 0.25) is 10.0 Å². The van der Waals surface area contributed by atoms with Crippen molar-refractivity contribution in [2.45, 2.75) is 13.8 Å². The lowest BCUT2D eigenvalue weighted by Gasteiger charge is -2.26. The summed E-state index contributed by atoms with van der Waals surface area (Å²) in [5, 5.41) is 5.30. The predicted octanol–water partition coefficient (Wildman–Crippen LogP) is 5.38. The maximum Gasteiger partial charge on any atom is 0.335 e. The van der Waals surface area contributed by atoms with Gasteiger partial charge in [-0.2, -0.15) is 0 Å². The molecule has 5 amide bonds. The topological polar surface area (TPSA) is 114 Å². The summed E-state index contributed by atoms with van der Waals surface area (Å²) in [4.78, 5) is 51.3. The van der Waals surface area contributed by atoms with E-state index in [2.05, 4.69) is 10.6 Å². The van der Waals surface area contributed by atoms with Gasteiger partial charge in [-0.1, -0.05) is 41.4 Å². The van der Waals surface area contributed by atoms with Crippen molar-refractivity contribution in [3.8, 4) is 11.5 Å². The molecule has 9 nitrogen and oxygen atoms in total. The molecule has 0 saturated carbocycles. The Kier molecular flexibility index (Phi) is 8.53. The predicted molar refractivity (Wildman–Crippen MR) is 148 cm³/mol. The van der Waals surface area contributed by atoms with Crippen molar-refractivity contribution in [2.24, 2.45) is 0 Å². The molecule has 1 aliphatic rings. The Morgan fingerprint density at radius 3 is 2.49 bits per heavy atom. The molecule has 1 fully saturated rings. The molecular weight excluding hydrogens is 545 g/mol. The van der Waals surface area contributed by atoms with Crippen LogP contribution in [0.25, 0.3) is 6.08 Å². The number of carbonyl (C=O) groups excluding carboxylic acids is 4. The molecule has 0 unspecified atom stereocenters. The Balaban J connectivity index is 1.54. The van der Waals surface area contributed by atoms with E-state index in [1.54, 1.807) is 31.2 Å². The number of barbiturate groups is 1. The summed E-state index contributed by atoms with van der Waals surface area (Å²) in [6.45, 7) is 3.73. The SMILES string of the molecule is CCOc1cc(/C=C2\C(=O)NC(=O)N(c3ccc(Cl)c(Cl)c3)C2=O)ccc1OCC(=O)Nc1cccc(C)c1. The van der Waals surface area contributed by atoms with Crippen molar-refractivity contribution >= 4 is 64.4 Å². The average molecular weight is 568 g/mol. The monoisotopic (exact) mass is 567 g/mol. The first-order chi connectivity index (χ1) is 18.7. The van der Waals surface area contributed by atoms with Crippen LogP contribution >= 0.6 is 23.2 Å². The second kappa shape index (κ2) is 12.0. The van der Waals surface area contributed by atoms with Gasteiger partial charge in [0.1, 0.15) is 5.57 Å². The number of halogens is 2. The second-order valence-corrected chi connectivity index (χ2v) is 9.22. The smallest absolute Gasteiger partial charge is 0.335 e. The van der Waals surface area contributed by atoms with Gasteiger partial charge in [-0.05, 0) is 73.5 Å². The fraction of sp³-hybridized carbons (Fsp3) is 0.143. The minimum atomic E-state index is -0.914. The van der Waals surface area contributed by atoms with Crippen LogP contribution in [-0.2, 0) is 14.4 Å². The maximum atomic E-state index is 13.2. The van der Waals surface area contributed by atoms with E-state index in [-0.39, 0.29) is 33.8 Å². The van der Waals surface area contributed by atoms with E-state index in [1.165, 1.54) is 24.3 Å². The number of amides is 5. The molecule has 3 aromatic carbocycles. The van der Waals surface area contributed by atoms with Crippen LogP contribution in [0.5, 0.6) is 11.5 Å². The quantitative estimate of drug-likeness (QED) is 0.279. The Morgan fingerprint density at radius 2 is 1.77 bits per heavy atom. The summed E-state index contributed by atoms with van der Waals surface area (Å²) < 4.78 is 11.3. The van der Waals surface area contributed by atoms with Gasteiger partial charge in [0.05, 0.1) is 22.3 Å². The molecule has 0 atom stereocenters. The summed E-state index contributed by atoms with van der Waals surface area (Å²) in [5.41, 5.74) is 1.95. The molecule has 0 radical (unpaired) electrons. The van der Waals surface area contributed by atoms with Gasteiger partial charge in [0.25, 0.3) is 17.7 Å². The molecule has 11 heteroatoms. The second-order valence-electron chi connectivity index (χ2n) is 8.40. The van der Waals surface area contributed by atoms with Crippen LogP contribution in [0.1, 0.15) is 18.1 Å². The summed E-state index contributed by atoms with van der Waals surface area (Å²) in [6.07, 6.45) is 1.32. The van der Waals surface area contributed by atoms with Crippen LogP contribution < -0.4 is 25.0 Å². The maximum absolute atomic E-state index is 13.2. The largest absolute Gasteiger partial charge is 0.490 e. The number of hydrogen-bond donors (Lipinski definition) is 2. The van der Waals surface area contributed by atoms with Gasteiger partial charge in [-0.15, -0.1) is 0 Å². The lowest BCUT2D eigenvalue weighted by atomic mass is 10.1. The Hall–Kier alpha value is -4.34. The minimum absolute atomic E-state index is 0.140. The molecule has 39 heavy (non-hydrogen) atoms. The van der Waals surface area contributed by atoms with Crippen molar-refractivity contribution < 1.29 is 28.7 Å². The molecule has 0 aromatic heterocycles. The molecule has 0 bridgehead atoms. The van der Waals surface area contributed by atoms with E-state index in [0.717, 1.165) is 10.5 Å². The molecule has 1 saturated heterocycles. The van der Waals surface area contributed by atoms with E-state index in [4.69, 9.17) is 32.7 Å². The first kappa shape index (κ1) is 27.7. The molecule has 200 valence electrons. The number of anilines is 2. The summed E-state index contributed by atoms with van der Waals surface area (Å²) in [7, 11) is 0. The van der Waals surface area contributed by atoms with Gasteiger partial charge in [0, 0.05) is 5.69 Å². The first-order valence-corrected chi connectivity index (χ1v) is 12.5. The standard InChI is InChI=1S/C28H23Cl2N3O6/c1-3-38-24-13-17(7-10-23(24)39-15-25(34)31-18-6-4-5-16(2)11-18)12-20-26(35)32-28(37)33(27(20)36)19-8-9-21(29)22(30)14-19/h4-14H,3,15H2,1-2H3,(H,31,34)(H,32,35,37)/b20-12+. The Labute approximate surface area is 234 Å². The minimum Gasteiger partial charge on any atom is -0.490 e. The van der Waals surface area contributed by atoms with Crippen LogP contribution in [0.4, 0.5) is 16.2 Å². The Morgan fingerprint density at radius 1 is 0.974 bits per heavy atom. The van der Waals surface area contributed by atoms with Crippen molar-refractivity contribution in [2.75, 3.05) is 23.4 Å². The van der Waals surface area contributed by atoms with Gasteiger partial charge in [-0.3, -0.25) is 19.7 Å². The highest BCUT2D eigenvalue weighted by molar-refractivity contribution is 6.43. The molecule has 4 rings (SSSR count). The highest BCUT2D eigenvalue weighted by atomic mass is 35.5. The van der Waals surface area contributed by atoms with Crippen LogP contribution in [0, 0.1) is 6.92 Å².